The van der Waals surface area contributed by atoms with Gasteiger partial charge in [0.15, 0.2) is 0 Å². The average molecular weight is 377 g/mol. The predicted molar refractivity (Wildman–Crippen MR) is 102 cm³/mol. The van der Waals surface area contributed by atoms with Crippen LogP contribution in [0.3, 0.4) is 0 Å². The van der Waals surface area contributed by atoms with Crippen LogP contribution in [0.15, 0.2) is 0 Å². The summed E-state index contributed by atoms with van der Waals surface area (Å²) >= 11 is 0. The van der Waals surface area contributed by atoms with Gasteiger partial charge in [0.25, 0.3) is 0 Å². The molecule has 26 heavy (non-hydrogen) atoms. The minimum atomic E-state index is -0.0451. The second-order valence-corrected chi connectivity index (χ2v) is 8.76. The van der Waals surface area contributed by atoms with E-state index in [2.05, 4.69) is 41.5 Å². The summed E-state index contributed by atoms with van der Waals surface area (Å²) in [5, 5.41) is 0. The van der Waals surface area contributed by atoms with Crippen LogP contribution in [0.4, 0.5) is 0 Å². The first-order valence-electron chi connectivity index (χ1n) is 9.77. The van der Waals surface area contributed by atoms with Crippen molar-refractivity contribution in [3.05, 3.63) is 0 Å². The number of hydrogen-bond acceptors (Lipinski definition) is 6. The highest BCUT2D eigenvalue weighted by Crippen LogP contribution is 2.35. The van der Waals surface area contributed by atoms with Gasteiger partial charge in [-0.3, -0.25) is 0 Å². The SMILES string of the molecule is CC(C)(C)C1OCCOCCOCCOCCOCCOC1C(C)(C)C. The molecule has 1 heterocycles. The van der Waals surface area contributed by atoms with Crippen molar-refractivity contribution in [2.75, 3.05) is 66.1 Å². The molecule has 2 atom stereocenters. The molecule has 0 radical (unpaired) electrons. The van der Waals surface area contributed by atoms with Gasteiger partial charge in [0, 0.05) is 0 Å². The summed E-state index contributed by atoms with van der Waals surface area (Å²) in [5.74, 6) is 0. The van der Waals surface area contributed by atoms with Crippen LogP contribution in [-0.2, 0) is 28.4 Å². The maximum atomic E-state index is 6.24. The lowest BCUT2D eigenvalue weighted by Gasteiger charge is -2.43. The molecule has 1 fully saturated rings. The minimum absolute atomic E-state index is 0.0374. The molecule has 0 aliphatic carbocycles. The van der Waals surface area contributed by atoms with Gasteiger partial charge in [-0.05, 0) is 10.8 Å². The Balaban J connectivity index is 2.68. The molecule has 0 saturated carbocycles. The van der Waals surface area contributed by atoms with E-state index in [1.165, 1.54) is 0 Å². The zero-order valence-electron chi connectivity index (χ0n) is 17.7. The normalized spacial score (nSPS) is 27.5. The molecule has 6 heteroatoms. The fraction of sp³-hybridized carbons (Fsp3) is 1.00. The van der Waals surface area contributed by atoms with Crippen LogP contribution in [0.25, 0.3) is 0 Å². The molecule has 0 bridgehead atoms. The molecule has 0 aromatic rings. The summed E-state index contributed by atoms with van der Waals surface area (Å²) in [6.07, 6.45) is -0.0749. The minimum Gasteiger partial charge on any atom is -0.377 e. The lowest BCUT2D eigenvalue weighted by Crippen LogP contribution is -2.49. The topological polar surface area (TPSA) is 55.4 Å². The summed E-state index contributed by atoms with van der Waals surface area (Å²) < 4.78 is 34.6. The monoisotopic (exact) mass is 376 g/mol. The summed E-state index contributed by atoms with van der Waals surface area (Å²) in [6.45, 7) is 18.7. The van der Waals surface area contributed by atoms with Gasteiger partial charge in [0.1, 0.15) is 0 Å². The molecule has 6 nitrogen and oxygen atoms in total. The molecule has 2 unspecified atom stereocenters. The van der Waals surface area contributed by atoms with E-state index in [-0.39, 0.29) is 23.0 Å². The highest BCUT2D eigenvalue weighted by atomic mass is 16.6. The Kier molecular flexibility index (Phi) is 11.2. The van der Waals surface area contributed by atoms with Crippen molar-refractivity contribution in [1.29, 1.82) is 0 Å². The van der Waals surface area contributed by atoms with Crippen LogP contribution >= 0.6 is 0 Å². The quantitative estimate of drug-likeness (QED) is 0.648. The molecule has 1 aliphatic heterocycles. The Bertz CT molecular complexity index is 313. The zero-order valence-corrected chi connectivity index (χ0v) is 17.7. The fourth-order valence-electron chi connectivity index (χ4n) is 2.81. The Morgan fingerprint density at radius 2 is 0.654 bits per heavy atom. The van der Waals surface area contributed by atoms with E-state index in [1.54, 1.807) is 0 Å². The Labute approximate surface area is 159 Å². The van der Waals surface area contributed by atoms with E-state index < -0.39 is 0 Å². The zero-order chi connectivity index (χ0) is 19.5. The van der Waals surface area contributed by atoms with Crippen LogP contribution in [0.1, 0.15) is 41.5 Å². The smallest absolute Gasteiger partial charge is 0.0891 e. The van der Waals surface area contributed by atoms with Crippen molar-refractivity contribution < 1.29 is 28.4 Å². The van der Waals surface area contributed by atoms with Gasteiger partial charge in [-0.1, -0.05) is 41.5 Å². The second-order valence-electron chi connectivity index (χ2n) is 8.76. The van der Waals surface area contributed by atoms with E-state index in [0.29, 0.717) is 66.1 Å². The molecule has 1 saturated heterocycles. The second kappa shape index (κ2) is 12.3. The number of rotatable bonds is 0. The molecule has 0 N–H and O–H groups in total. The van der Waals surface area contributed by atoms with Crippen molar-refractivity contribution in [2.45, 2.75) is 53.8 Å². The maximum Gasteiger partial charge on any atom is 0.0891 e. The average Bonchev–Trinajstić information content (AvgIpc) is 2.52. The van der Waals surface area contributed by atoms with Crippen LogP contribution in [0.2, 0.25) is 0 Å². The molecule has 1 aliphatic rings. The van der Waals surface area contributed by atoms with Gasteiger partial charge in [0.2, 0.25) is 0 Å². The number of ether oxygens (including phenoxy) is 6. The van der Waals surface area contributed by atoms with E-state index in [1.807, 2.05) is 0 Å². The van der Waals surface area contributed by atoms with Crippen LogP contribution < -0.4 is 0 Å². The van der Waals surface area contributed by atoms with Crippen LogP contribution in [-0.4, -0.2) is 78.3 Å². The first kappa shape index (κ1) is 23.8. The highest BCUT2D eigenvalue weighted by molar-refractivity contribution is 4.89. The van der Waals surface area contributed by atoms with Crippen molar-refractivity contribution in [2.24, 2.45) is 10.8 Å². The van der Waals surface area contributed by atoms with Crippen molar-refractivity contribution in [1.82, 2.24) is 0 Å². The molecule has 0 spiro atoms. The third-order valence-electron chi connectivity index (χ3n) is 4.15. The van der Waals surface area contributed by atoms with Gasteiger partial charge in [-0.2, -0.15) is 0 Å². The third kappa shape index (κ3) is 10.2. The van der Waals surface area contributed by atoms with Gasteiger partial charge in [-0.15, -0.1) is 0 Å². The van der Waals surface area contributed by atoms with Gasteiger partial charge in [0.05, 0.1) is 78.3 Å². The van der Waals surface area contributed by atoms with Gasteiger partial charge < -0.3 is 28.4 Å². The van der Waals surface area contributed by atoms with E-state index >= 15 is 0 Å². The first-order valence-corrected chi connectivity index (χ1v) is 9.77. The largest absolute Gasteiger partial charge is 0.377 e. The summed E-state index contributed by atoms with van der Waals surface area (Å²) in [5.41, 5.74) is -0.0901. The lowest BCUT2D eigenvalue weighted by atomic mass is 9.76. The van der Waals surface area contributed by atoms with Crippen LogP contribution in [0, 0.1) is 10.8 Å². The third-order valence-corrected chi connectivity index (χ3v) is 4.15. The van der Waals surface area contributed by atoms with Crippen LogP contribution in [0.5, 0.6) is 0 Å². The highest BCUT2D eigenvalue weighted by Gasteiger charge is 2.40. The fourth-order valence-corrected chi connectivity index (χ4v) is 2.81. The summed E-state index contributed by atoms with van der Waals surface area (Å²) in [4.78, 5) is 0. The summed E-state index contributed by atoms with van der Waals surface area (Å²) in [7, 11) is 0. The number of hydrogen-bond donors (Lipinski definition) is 0. The molecule has 156 valence electrons. The predicted octanol–water partition coefficient (Wildman–Crippen LogP) is 2.93. The van der Waals surface area contributed by atoms with E-state index in [9.17, 15) is 0 Å². The maximum absolute atomic E-state index is 6.24. The molecular formula is C20H40O6. The van der Waals surface area contributed by atoms with Gasteiger partial charge >= 0.3 is 0 Å². The van der Waals surface area contributed by atoms with Crippen molar-refractivity contribution in [3.63, 3.8) is 0 Å². The molecule has 0 aromatic carbocycles. The Hall–Kier alpha value is -0.240. The van der Waals surface area contributed by atoms with E-state index in [4.69, 9.17) is 28.4 Å². The summed E-state index contributed by atoms with van der Waals surface area (Å²) in [6, 6.07) is 0. The lowest BCUT2D eigenvalue weighted by molar-refractivity contribution is -0.165. The molecular weight excluding hydrogens is 336 g/mol. The first-order chi connectivity index (χ1) is 12.2. The van der Waals surface area contributed by atoms with E-state index in [0.717, 1.165) is 0 Å². The molecule has 0 amide bonds. The molecule has 1 rings (SSSR count). The van der Waals surface area contributed by atoms with Crippen molar-refractivity contribution >= 4 is 0 Å². The Morgan fingerprint density at radius 1 is 0.423 bits per heavy atom. The Morgan fingerprint density at radius 3 is 0.885 bits per heavy atom. The standard InChI is InChI=1S/C20H40O6/c1-19(2,3)17-18(20(4,5)6)26-16-14-24-12-10-22-8-7-21-9-11-23-13-15-25-17/h17-18H,7-16H2,1-6H3. The van der Waals surface area contributed by atoms with Gasteiger partial charge in [-0.25, -0.2) is 0 Å². The molecule has 0 aromatic heterocycles. The van der Waals surface area contributed by atoms with Crippen molar-refractivity contribution in [3.8, 4) is 0 Å².